The van der Waals surface area contributed by atoms with Gasteiger partial charge in [0.2, 0.25) is 0 Å². The lowest BCUT2D eigenvalue weighted by atomic mass is 9.93. The van der Waals surface area contributed by atoms with Gasteiger partial charge < -0.3 is 10.0 Å². The molecule has 2 aromatic rings. The maximum Gasteiger partial charge on any atom is 0.258 e. The summed E-state index contributed by atoms with van der Waals surface area (Å²) < 4.78 is 0. The Balaban J connectivity index is 2.04. The number of benzene rings is 1. The fourth-order valence-corrected chi connectivity index (χ4v) is 2.94. The quantitative estimate of drug-likeness (QED) is 0.928. The Labute approximate surface area is 128 Å². The molecule has 1 aromatic carbocycles. The van der Waals surface area contributed by atoms with Gasteiger partial charge in [0.25, 0.3) is 5.91 Å². The molecule has 1 aromatic heterocycles. The third-order valence-corrected chi connectivity index (χ3v) is 3.95. The minimum Gasteiger partial charge on any atom is -0.392 e. The molecule has 5 heteroatoms. The smallest absolute Gasteiger partial charge is 0.258 e. The number of anilines is 1. The van der Waals surface area contributed by atoms with E-state index in [2.05, 4.69) is 4.98 Å². The second kappa shape index (κ2) is 5.47. The molecule has 1 aliphatic heterocycles. The number of fused-ring (bicyclic) bond motifs is 1. The van der Waals surface area contributed by atoms with Crippen molar-refractivity contribution >= 4 is 23.2 Å². The molecule has 0 saturated heterocycles. The van der Waals surface area contributed by atoms with E-state index in [0.717, 1.165) is 12.0 Å². The number of halogens is 1. The number of carbonyl (C=O) groups excluding carboxylic acids is 1. The Kier molecular flexibility index (Phi) is 3.66. The zero-order chi connectivity index (χ0) is 15.0. The molecule has 0 saturated carbocycles. The van der Waals surface area contributed by atoms with Crippen molar-refractivity contribution < 1.29 is 9.90 Å². The normalized spacial score (nSPS) is 17.8. The Morgan fingerprint density at radius 1 is 1.38 bits per heavy atom. The van der Waals surface area contributed by atoms with Crippen molar-refractivity contribution in [1.29, 1.82) is 0 Å². The van der Waals surface area contributed by atoms with Crippen molar-refractivity contribution in [2.45, 2.75) is 26.0 Å². The van der Waals surface area contributed by atoms with Crippen LogP contribution in [-0.2, 0) is 13.0 Å². The predicted octanol–water partition coefficient (Wildman–Crippen LogP) is 2.82. The van der Waals surface area contributed by atoms with Gasteiger partial charge in [0.05, 0.1) is 18.5 Å². The Morgan fingerprint density at radius 2 is 2.19 bits per heavy atom. The van der Waals surface area contributed by atoms with E-state index in [-0.39, 0.29) is 18.6 Å². The van der Waals surface area contributed by atoms with Gasteiger partial charge in [0.15, 0.2) is 0 Å². The molecule has 1 unspecified atom stereocenters. The molecular weight excluding hydrogens is 288 g/mol. The molecule has 0 radical (unpaired) electrons. The van der Waals surface area contributed by atoms with Gasteiger partial charge in [-0.3, -0.25) is 9.78 Å². The van der Waals surface area contributed by atoms with Crippen molar-refractivity contribution in [2.24, 2.45) is 0 Å². The molecule has 1 N–H and O–H groups in total. The minimum atomic E-state index is -0.0938. The molecule has 3 rings (SSSR count). The van der Waals surface area contributed by atoms with E-state index in [0.29, 0.717) is 21.8 Å². The summed E-state index contributed by atoms with van der Waals surface area (Å²) in [5.41, 5.74) is 3.04. The number of hydrogen-bond donors (Lipinski definition) is 1. The first-order valence-electron chi connectivity index (χ1n) is 6.77. The lowest BCUT2D eigenvalue weighted by Crippen LogP contribution is -2.44. The van der Waals surface area contributed by atoms with Gasteiger partial charge in [-0.25, -0.2) is 0 Å². The molecule has 1 atom stereocenters. The summed E-state index contributed by atoms with van der Waals surface area (Å²) >= 11 is 6.00. The molecule has 0 bridgehead atoms. The molecule has 0 spiro atoms. The Bertz CT molecular complexity index is 702. The number of pyridine rings is 1. The molecule has 0 fully saturated rings. The van der Waals surface area contributed by atoms with Crippen LogP contribution in [0.2, 0.25) is 5.02 Å². The molecule has 1 amide bonds. The van der Waals surface area contributed by atoms with Gasteiger partial charge >= 0.3 is 0 Å². The Morgan fingerprint density at radius 3 is 2.95 bits per heavy atom. The van der Waals surface area contributed by atoms with Crippen molar-refractivity contribution in [1.82, 2.24) is 4.98 Å². The van der Waals surface area contributed by atoms with E-state index in [1.165, 1.54) is 0 Å². The maximum atomic E-state index is 12.7. The number of hydrogen-bond acceptors (Lipinski definition) is 3. The highest BCUT2D eigenvalue weighted by Crippen LogP contribution is 2.30. The van der Waals surface area contributed by atoms with E-state index in [9.17, 15) is 9.90 Å². The van der Waals surface area contributed by atoms with Gasteiger partial charge in [-0.1, -0.05) is 11.6 Å². The average molecular weight is 303 g/mol. The number of amides is 1. The summed E-state index contributed by atoms with van der Waals surface area (Å²) in [4.78, 5) is 18.6. The van der Waals surface area contributed by atoms with E-state index in [4.69, 9.17) is 11.6 Å². The summed E-state index contributed by atoms with van der Waals surface area (Å²) in [6.07, 6.45) is 3.98. The highest BCUT2D eigenvalue weighted by Gasteiger charge is 2.31. The number of aromatic nitrogens is 1. The van der Waals surface area contributed by atoms with Crippen molar-refractivity contribution in [3.05, 3.63) is 58.4 Å². The van der Waals surface area contributed by atoms with Crippen LogP contribution in [0.5, 0.6) is 0 Å². The Hall–Kier alpha value is -1.91. The SMILES string of the molecule is CC1Cc2cc(Cl)ccc2C(=O)N1c1cncc(CO)c1. The van der Waals surface area contributed by atoms with Crippen LogP contribution in [0.3, 0.4) is 0 Å². The maximum absolute atomic E-state index is 12.7. The summed E-state index contributed by atoms with van der Waals surface area (Å²) in [6.45, 7) is 1.90. The van der Waals surface area contributed by atoms with Crippen LogP contribution in [-0.4, -0.2) is 22.0 Å². The molecular formula is C16H15ClN2O2. The van der Waals surface area contributed by atoms with Crippen LogP contribution in [0.15, 0.2) is 36.7 Å². The van der Waals surface area contributed by atoms with Gasteiger partial charge in [-0.15, -0.1) is 0 Å². The van der Waals surface area contributed by atoms with Gasteiger partial charge in [0.1, 0.15) is 0 Å². The third kappa shape index (κ3) is 2.52. The van der Waals surface area contributed by atoms with Crippen LogP contribution in [0.25, 0.3) is 0 Å². The third-order valence-electron chi connectivity index (χ3n) is 3.71. The van der Waals surface area contributed by atoms with Gasteiger partial charge in [0, 0.05) is 22.8 Å². The van der Waals surface area contributed by atoms with Crippen LogP contribution in [0.1, 0.15) is 28.4 Å². The number of nitrogens with zero attached hydrogens (tertiary/aromatic N) is 2. The topological polar surface area (TPSA) is 53.4 Å². The van der Waals surface area contributed by atoms with Crippen molar-refractivity contribution in [3.8, 4) is 0 Å². The van der Waals surface area contributed by atoms with Crippen molar-refractivity contribution in [2.75, 3.05) is 4.90 Å². The van der Waals surface area contributed by atoms with Crippen LogP contribution >= 0.6 is 11.6 Å². The number of aliphatic hydroxyl groups excluding tert-OH is 1. The zero-order valence-electron chi connectivity index (χ0n) is 11.6. The van der Waals surface area contributed by atoms with Crippen LogP contribution in [0, 0.1) is 0 Å². The summed E-state index contributed by atoms with van der Waals surface area (Å²) in [6, 6.07) is 7.16. The molecule has 2 heterocycles. The van der Waals surface area contributed by atoms with Gasteiger partial charge in [-0.05, 0) is 48.7 Å². The molecule has 1 aliphatic rings. The minimum absolute atomic E-state index is 0.0132. The first-order chi connectivity index (χ1) is 10.1. The fraction of sp³-hybridized carbons (Fsp3) is 0.250. The van der Waals surface area contributed by atoms with Gasteiger partial charge in [-0.2, -0.15) is 0 Å². The lowest BCUT2D eigenvalue weighted by molar-refractivity contribution is 0.0969. The highest BCUT2D eigenvalue weighted by atomic mass is 35.5. The molecule has 21 heavy (non-hydrogen) atoms. The fourth-order valence-electron chi connectivity index (χ4n) is 2.74. The number of aliphatic hydroxyl groups is 1. The standard InChI is InChI=1S/C16H15ClN2O2/c1-10-4-12-6-13(17)2-3-15(12)16(21)19(10)14-5-11(9-20)7-18-8-14/h2-3,5-8,10,20H,4,9H2,1H3. The predicted molar refractivity (Wildman–Crippen MR) is 81.6 cm³/mol. The molecule has 0 aliphatic carbocycles. The van der Waals surface area contributed by atoms with Crippen LogP contribution < -0.4 is 4.90 Å². The largest absolute Gasteiger partial charge is 0.392 e. The highest BCUT2D eigenvalue weighted by molar-refractivity contribution is 6.30. The van der Waals surface area contributed by atoms with E-state index < -0.39 is 0 Å². The second-order valence-electron chi connectivity index (χ2n) is 5.24. The first-order valence-corrected chi connectivity index (χ1v) is 7.14. The monoisotopic (exact) mass is 302 g/mol. The molecule has 4 nitrogen and oxygen atoms in total. The van der Waals surface area contributed by atoms with Crippen molar-refractivity contribution in [3.63, 3.8) is 0 Å². The number of carbonyl (C=O) groups is 1. The van der Waals surface area contributed by atoms with Crippen LogP contribution in [0.4, 0.5) is 5.69 Å². The molecule has 108 valence electrons. The zero-order valence-corrected chi connectivity index (χ0v) is 12.3. The van der Waals surface area contributed by atoms with E-state index in [1.807, 2.05) is 13.0 Å². The number of rotatable bonds is 2. The summed E-state index contributed by atoms with van der Waals surface area (Å²) in [7, 11) is 0. The summed E-state index contributed by atoms with van der Waals surface area (Å²) in [5.74, 6) is -0.0580. The lowest BCUT2D eigenvalue weighted by Gasteiger charge is -2.34. The summed E-state index contributed by atoms with van der Waals surface area (Å²) in [5, 5.41) is 9.87. The van der Waals surface area contributed by atoms with E-state index >= 15 is 0 Å². The van der Waals surface area contributed by atoms with E-state index in [1.54, 1.807) is 35.5 Å². The second-order valence-corrected chi connectivity index (χ2v) is 5.68. The first kappa shape index (κ1) is 14.0. The average Bonchev–Trinajstić information content (AvgIpc) is 2.47.